The molecular formula is C29H31N5O4. The van der Waals surface area contributed by atoms with E-state index in [4.69, 9.17) is 15.0 Å². The zero-order valence-electron chi connectivity index (χ0n) is 22.1. The fourth-order valence-corrected chi connectivity index (χ4v) is 3.94. The Hall–Kier alpha value is -4.66. The number of aromatic nitrogens is 2. The average Bonchev–Trinajstić information content (AvgIpc) is 3.38. The van der Waals surface area contributed by atoms with Crippen molar-refractivity contribution >= 4 is 23.2 Å². The van der Waals surface area contributed by atoms with E-state index >= 15 is 0 Å². The molecule has 2 aromatic carbocycles. The highest BCUT2D eigenvalue weighted by Gasteiger charge is 2.23. The largest absolute Gasteiger partial charge is 0.494 e. The van der Waals surface area contributed by atoms with Crippen LogP contribution in [-0.4, -0.2) is 29.1 Å². The number of aryl methyl sites for hydroxylation is 1. The second kappa shape index (κ2) is 10.8. The van der Waals surface area contributed by atoms with Crippen LogP contribution < -0.4 is 21.1 Å². The Balaban J connectivity index is 1.55. The number of methoxy groups -OCH3 is 1. The molecule has 9 heteroatoms. The van der Waals surface area contributed by atoms with Crippen LogP contribution in [0.2, 0.25) is 0 Å². The first-order valence-corrected chi connectivity index (χ1v) is 12.1. The lowest BCUT2D eigenvalue weighted by Crippen LogP contribution is -2.22. The van der Waals surface area contributed by atoms with Crippen LogP contribution in [0.5, 0.6) is 5.75 Å². The summed E-state index contributed by atoms with van der Waals surface area (Å²) in [5, 5.41) is 9.80. The summed E-state index contributed by atoms with van der Waals surface area (Å²) in [6.07, 6.45) is 3.35. The van der Waals surface area contributed by atoms with Crippen LogP contribution in [0, 0.1) is 6.92 Å². The molecule has 0 saturated heterocycles. The number of hydrogen-bond donors (Lipinski definition) is 3. The minimum absolute atomic E-state index is 0.0805. The van der Waals surface area contributed by atoms with E-state index in [1.807, 2.05) is 45.9 Å². The number of amides is 2. The molecule has 0 fully saturated rings. The van der Waals surface area contributed by atoms with Gasteiger partial charge in [-0.3, -0.25) is 14.6 Å². The second-order valence-corrected chi connectivity index (χ2v) is 10.0. The van der Waals surface area contributed by atoms with Crippen molar-refractivity contribution in [2.24, 2.45) is 0 Å². The summed E-state index contributed by atoms with van der Waals surface area (Å²) < 4.78 is 10.7. The predicted octanol–water partition coefficient (Wildman–Crippen LogP) is 5.12. The van der Waals surface area contributed by atoms with Gasteiger partial charge >= 0.3 is 0 Å². The van der Waals surface area contributed by atoms with E-state index in [-0.39, 0.29) is 17.1 Å². The standard InChI is InChI=1S/C29H31N5O4/c1-17-8-9-20(33-27(35)22-11-19(29(2,3)4)12-23(30)26(22)37-5)13-21(17)24-14-25(38-34-24)28(36)32-16-18-7-6-10-31-15-18/h6-15H,16,30H2,1-5H3,(H,32,36)(H,33,35). The monoisotopic (exact) mass is 513 g/mol. The van der Waals surface area contributed by atoms with Gasteiger partial charge in [0, 0.05) is 36.3 Å². The molecule has 0 saturated carbocycles. The molecule has 4 rings (SSSR count). The van der Waals surface area contributed by atoms with Crippen LogP contribution in [-0.2, 0) is 12.0 Å². The highest BCUT2D eigenvalue weighted by atomic mass is 16.5. The summed E-state index contributed by atoms with van der Waals surface area (Å²) in [6.45, 7) is 8.37. The average molecular weight is 514 g/mol. The molecule has 0 aliphatic heterocycles. The van der Waals surface area contributed by atoms with Gasteiger partial charge in [-0.1, -0.05) is 38.1 Å². The number of nitrogens with zero attached hydrogens (tertiary/aromatic N) is 2. The molecule has 0 aliphatic rings. The van der Waals surface area contributed by atoms with Gasteiger partial charge in [0.05, 0.1) is 18.4 Å². The van der Waals surface area contributed by atoms with Crippen molar-refractivity contribution in [3.63, 3.8) is 0 Å². The lowest BCUT2D eigenvalue weighted by Gasteiger charge is -2.22. The van der Waals surface area contributed by atoms with Gasteiger partial charge in [-0.05, 0) is 59.4 Å². The van der Waals surface area contributed by atoms with Crippen LogP contribution in [0.15, 0.2) is 65.4 Å². The Kier molecular flexibility index (Phi) is 7.47. The number of benzene rings is 2. The quantitative estimate of drug-likeness (QED) is 0.292. The maximum Gasteiger partial charge on any atom is 0.290 e. The van der Waals surface area contributed by atoms with Crippen molar-refractivity contribution in [1.82, 2.24) is 15.5 Å². The van der Waals surface area contributed by atoms with Gasteiger partial charge in [-0.25, -0.2) is 0 Å². The first-order chi connectivity index (χ1) is 18.1. The van der Waals surface area contributed by atoms with E-state index in [9.17, 15) is 9.59 Å². The molecule has 2 heterocycles. The number of ether oxygens (including phenoxy) is 1. The van der Waals surface area contributed by atoms with Crippen LogP contribution in [0.4, 0.5) is 11.4 Å². The summed E-state index contributed by atoms with van der Waals surface area (Å²) in [5.41, 5.74) is 11.1. The number of nitrogens with two attached hydrogens (primary N) is 1. The number of carbonyl (C=O) groups excluding carboxylic acids is 2. The lowest BCUT2D eigenvalue weighted by molar-refractivity contribution is 0.0913. The number of pyridine rings is 1. The number of nitrogens with one attached hydrogen (secondary N) is 2. The summed E-state index contributed by atoms with van der Waals surface area (Å²) in [5.74, 6) is -0.346. The van der Waals surface area contributed by atoms with Gasteiger partial charge in [0.1, 0.15) is 5.69 Å². The van der Waals surface area contributed by atoms with E-state index in [2.05, 4.69) is 20.8 Å². The zero-order valence-corrected chi connectivity index (χ0v) is 22.1. The van der Waals surface area contributed by atoms with Crippen molar-refractivity contribution < 1.29 is 18.8 Å². The van der Waals surface area contributed by atoms with E-state index in [1.54, 1.807) is 42.7 Å². The van der Waals surface area contributed by atoms with Gasteiger partial charge < -0.3 is 25.6 Å². The molecule has 196 valence electrons. The first kappa shape index (κ1) is 26.4. The van der Waals surface area contributed by atoms with E-state index < -0.39 is 5.91 Å². The molecule has 0 aliphatic carbocycles. The third-order valence-corrected chi connectivity index (χ3v) is 6.11. The summed E-state index contributed by atoms with van der Waals surface area (Å²) >= 11 is 0. The molecule has 4 N–H and O–H groups in total. The SMILES string of the molecule is COc1c(N)cc(C(C)(C)C)cc1C(=O)Nc1ccc(C)c(-c2cc(C(=O)NCc3cccnc3)on2)c1. The minimum Gasteiger partial charge on any atom is -0.494 e. The highest BCUT2D eigenvalue weighted by Crippen LogP contribution is 2.34. The fourth-order valence-electron chi connectivity index (χ4n) is 3.94. The molecule has 0 bridgehead atoms. The second-order valence-electron chi connectivity index (χ2n) is 10.0. The molecule has 2 aromatic heterocycles. The predicted molar refractivity (Wildman–Crippen MR) is 146 cm³/mol. The zero-order chi connectivity index (χ0) is 27.4. The third-order valence-electron chi connectivity index (χ3n) is 6.11. The van der Waals surface area contributed by atoms with Crippen molar-refractivity contribution in [1.29, 1.82) is 0 Å². The maximum absolute atomic E-state index is 13.3. The Labute approximate surface area is 221 Å². The van der Waals surface area contributed by atoms with Crippen molar-refractivity contribution in [2.45, 2.75) is 39.7 Å². The van der Waals surface area contributed by atoms with E-state index in [0.717, 1.165) is 16.7 Å². The Morgan fingerprint density at radius 3 is 2.55 bits per heavy atom. The molecule has 2 amide bonds. The van der Waals surface area contributed by atoms with Crippen molar-refractivity contribution in [3.8, 4) is 17.0 Å². The van der Waals surface area contributed by atoms with Gasteiger partial charge in [-0.2, -0.15) is 0 Å². The molecule has 0 unspecified atom stereocenters. The van der Waals surface area contributed by atoms with Crippen LogP contribution in [0.3, 0.4) is 0 Å². The van der Waals surface area contributed by atoms with Gasteiger partial charge in [0.2, 0.25) is 5.76 Å². The number of carbonyl (C=O) groups is 2. The van der Waals surface area contributed by atoms with Crippen molar-refractivity contribution in [3.05, 3.63) is 88.9 Å². The van der Waals surface area contributed by atoms with Gasteiger partial charge in [0.25, 0.3) is 11.8 Å². The number of rotatable bonds is 7. The summed E-state index contributed by atoms with van der Waals surface area (Å²) in [6, 6.07) is 14.3. The Bertz CT molecular complexity index is 1470. The van der Waals surface area contributed by atoms with Gasteiger partial charge in [-0.15, -0.1) is 0 Å². The Morgan fingerprint density at radius 2 is 1.87 bits per heavy atom. The first-order valence-electron chi connectivity index (χ1n) is 12.1. The topological polar surface area (TPSA) is 132 Å². The smallest absolute Gasteiger partial charge is 0.290 e. The number of nitrogen functional groups attached to an aromatic ring is 1. The summed E-state index contributed by atoms with van der Waals surface area (Å²) in [4.78, 5) is 29.9. The summed E-state index contributed by atoms with van der Waals surface area (Å²) in [7, 11) is 1.48. The molecule has 0 atom stereocenters. The van der Waals surface area contributed by atoms with Crippen LogP contribution in [0.25, 0.3) is 11.3 Å². The van der Waals surface area contributed by atoms with E-state index in [1.165, 1.54) is 7.11 Å². The molecule has 0 radical (unpaired) electrons. The highest BCUT2D eigenvalue weighted by molar-refractivity contribution is 6.07. The minimum atomic E-state index is -0.391. The normalized spacial score (nSPS) is 11.2. The molecule has 4 aromatic rings. The van der Waals surface area contributed by atoms with Crippen LogP contribution in [0.1, 0.15) is 58.4 Å². The Morgan fingerprint density at radius 1 is 1.08 bits per heavy atom. The van der Waals surface area contributed by atoms with Gasteiger partial charge in [0.15, 0.2) is 5.75 Å². The lowest BCUT2D eigenvalue weighted by atomic mass is 9.85. The fraction of sp³-hybridized carbons (Fsp3) is 0.241. The maximum atomic E-state index is 13.3. The van der Waals surface area contributed by atoms with E-state index in [0.29, 0.717) is 40.5 Å². The third kappa shape index (κ3) is 5.83. The van der Waals surface area contributed by atoms with Crippen molar-refractivity contribution in [2.75, 3.05) is 18.2 Å². The molecule has 38 heavy (non-hydrogen) atoms. The number of anilines is 2. The molecule has 9 nitrogen and oxygen atoms in total. The molecule has 0 spiro atoms. The number of hydrogen-bond acceptors (Lipinski definition) is 7. The van der Waals surface area contributed by atoms with Crippen LogP contribution >= 0.6 is 0 Å². The molecular weight excluding hydrogens is 482 g/mol.